The second kappa shape index (κ2) is 10.9. The molecule has 32 heavy (non-hydrogen) atoms. The van der Waals surface area contributed by atoms with Gasteiger partial charge < -0.3 is 14.8 Å². The monoisotopic (exact) mass is 553 g/mol. The van der Waals surface area contributed by atoms with Crippen LogP contribution in [0.15, 0.2) is 71.2 Å². The lowest BCUT2D eigenvalue weighted by Gasteiger charge is -2.44. The first-order chi connectivity index (χ1) is 15.5. The molecule has 168 valence electrons. The molecule has 1 fully saturated rings. The number of rotatable bonds is 7. The summed E-state index contributed by atoms with van der Waals surface area (Å²) in [5.74, 6) is 0. The number of hydrogen-bond acceptors (Lipinski definition) is 3. The Morgan fingerprint density at radius 2 is 1.69 bits per heavy atom. The van der Waals surface area contributed by atoms with Crippen LogP contribution in [0, 0.1) is 0 Å². The molecule has 4 rings (SSSR count). The number of hydrogen-bond donors (Lipinski definition) is 1. The molecule has 1 aliphatic rings. The van der Waals surface area contributed by atoms with Crippen molar-refractivity contribution in [1.29, 1.82) is 0 Å². The van der Waals surface area contributed by atoms with Crippen LogP contribution in [0.5, 0.6) is 0 Å². The third-order valence-electron chi connectivity index (χ3n) is 5.68. The van der Waals surface area contributed by atoms with Crippen molar-refractivity contribution in [3.8, 4) is 0 Å². The maximum Gasteiger partial charge on any atom is 0.122 e. The maximum atomic E-state index is 6.71. The molecule has 0 saturated carbocycles. The highest BCUT2D eigenvalue weighted by Gasteiger charge is 2.44. The summed E-state index contributed by atoms with van der Waals surface area (Å²) in [6, 6.07) is 21.6. The molecule has 0 aromatic heterocycles. The zero-order valence-corrected chi connectivity index (χ0v) is 21.1. The quantitative estimate of drug-likeness (QED) is 0.330. The average molecular weight is 556 g/mol. The van der Waals surface area contributed by atoms with Crippen molar-refractivity contribution in [1.82, 2.24) is 5.32 Å². The lowest BCUT2D eigenvalue weighted by molar-refractivity contribution is -0.176. The summed E-state index contributed by atoms with van der Waals surface area (Å²) in [7, 11) is 0. The Kier molecular flexibility index (Phi) is 8.17. The molecular formula is C25H23BrCl3NO2. The molecule has 0 aliphatic carbocycles. The molecule has 3 aromatic rings. The minimum absolute atomic E-state index is 0.209. The minimum Gasteiger partial charge on any atom is -0.369 e. The van der Waals surface area contributed by atoms with E-state index in [0.29, 0.717) is 34.8 Å². The highest BCUT2D eigenvalue weighted by molar-refractivity contribution is 9.10. The molecule has 0 amide bonds. The molecule has 0 spiro atoms. The summed E-state index contributed by atoms with van der Waals surface area (Å²) in [6.45, 7) is 2.36. The van der Waals surface area contributed by atoms with Gasteiger partial charge >= 0.3 is 0 Å². The summed E-state index contributed by atoms with van der Waals surface area (Å²) in [5.41, 5.74) is 2.49. The number of ether oxygens (including phenoxy) is 2. The SMILES string of the molecule is Clc1ccc([C@@]2(OCc3cccc(Br)c3)CCNCC2OCc2ccc(Cl)c(Cl)c2)cc1. The summed E-state index contributed by atoms with van der Waals surface area (Å²) in [4.78, 5) is 0. The summed E-state index contributed by atoms with van der Waals surface area (Å²) >= 11 is 22.0. The topological polar surface area (TPSA) is 30.5 Å². The molecule has 1 heterocycles. The van der Waals surface area contributed by atoms with Crippen LogP contribution < -0.4 is 5.32 Å². The van der Waals surface area contributed by atoms with Crippen LogP contribution >= 0.6 is 50.7 Å². The Hall–Kier alpha value is -1.11. The zero-order valence-electron chi connectivity index (χ0n) is 17.3. The minimum atomic E-state index is -0.617. The fourth-order valence-electron chi connectivity index (χ4n) is 4.00. The lowest BCUT2D eigenvalue weighted by Crippen LogP contribution is -2.54. The molecule has 1 aliphatic heterocycles. The van der Waals surface area contributed by atoms with Gasteiger partial charge in [0.1, 0.15) is 11.7 Å². The smallest absolute Gasteiger partial charge is 0.122 e. The number of nitrogens with one attached hydrogen (secondary N) is 1. The van der Waals surface area contributed by atoms with Gasteiger partial charge in [0.05, 0.1) is 23.3 Å². The molecule has 1 saturated heterocycles. The van der Waals surface area contributed by atoms with E-state index in [1.54, 1.807) is 6.07 Å². The Morgan fingerprint density at radius 1 is 0.906 bits per heavy atom. The summed E-state index contributed by atoms with van der Waals surface area (Å²) < 4.78 is 14.2. The second-order valence-corrected chi connectivity index (χ2v) is 9.98. The van der Waals surface area contributed by atoms with Crippen molar-refractivity contribution in [3.05, 3.63) is 103 Å². The lowest BCUT2D eigenvalue weighted by atomic mass is 9.82. The van der Waals surface area contributed by atoms with Gasteiger partial charge in [0.2, 0.25) is 0 Å². The standard InChI is InChI=1S/C25H23BrCl3NO2/c26-20-3-1-2-17(12-20)16-32-25(19-5-7-21(27)8-6-19)10-11-30-14-24(25)31-15-18-4-9-22(28)23(29)13-18/h1-9,12-13,24,30H,10-11,14-16H2/t24?,25-/m0/s1. The van der Waals surface area contributed by atoms with Gasteiger partial charge in [0.15, 0.2) is 0 Å². The highest BCUT2D eigenvalue weighted by atomic mass is 79.9. The van der Waals surface area contributed by atoms with Gasteiger partial charge in [-0.15, -0.1) is 0 Å². The van der Waals surface area contributed by atoms with Gasteiger partial charge in [0, 0.05) is 16.0 Å². The third-order valence-corrected chi connectivity index (χ3v) is 7.16. The van der Waals surface area contributed by atoms with E-state index in [-0.39, 0.29) is 6.10 Å². The first-order valence-electron chi connectivity index (χ1n) is 10.4. The molecule has 7 heteroatoms. The van der Waals surface area contributed by atoms with Gasteiger partial charge in [-0.1, -0.05) is 81.1 Å². The molecule has 1 unspecified atom stereocenters. The van der Waals surface area contributed by atoms with E-state index in [9.17, 15) is 0 Å². The van der Waals surface area contributed by atoms with Gasteiger partial charge in [0.25, 0.3) is 0 Å². The van der Waals surface area contributed by atoms with Crippen LogP contribution in [0.3, 0.4) is 0 Å². The van der Waals surface area contributed by atoms with Crippen molar-refractivity contribution >= 4 is 50.7 Å². The van der Waals surface area contributed by atoms with Crippen molar-refractivity contribution in [2.75, 3.05) is 13.1 Å². The molecule has 1 N–H and O–H groups in total. The fraction of sp³-hybridized carbons (Fsp3) is 0.280. The van der Waals surface area contributed by atoms with E-state index in [2.05, 4.69) is 33.4 Å². The summed E-state index contributed by atoms with van der Waals surface area (Å²) in [5, 5.41) is 5.19. The number of benzene rings is 3. The van der Waals surface area contributed by atoms with Crippen LogP contribution in [-0.4, -0.2) is 19.2 Å². The van der Waals surface area contributed by atoms with Gasteiger partial charge in [-0.3, -0.25) is 0 Å². The van der Waals surface area contributed by atoms with E-state index >= 15 is 0 Å². The Morgan fingerprint density at radius 3 is 2.44 bits per heavy atom. The highest BCUT2D eigenvalue weighted by Crippen LogP contribution is 2.39. The first-order valence-corrected chi connectivity index (χ1v) is 12.3. The average Bonchev–Trinajstić information content (AvgIpc) is 2.79. The van der Waals surface area contributed by atoms with Gasteiger partial charge in [-0.05, 0) is 66.1 Å². The molecule has 2 atom stereocenters. The largest absolute Gasteiger partial charge is 0.369 e. The van der Waals surface area contributed by atoms with Crippen LogP contribution in [0.25, 0.3) is 0 Å². The maximum absolute atomic E-state index is 6.71. The number of piperidine rings is 1. The first kappa shape index (κ1) is 24.0. The van der Waals surface area contributed by atoms with Crippen molar-refractivity contribution in [3.63, 3.8) is 0 Å². The normalized spacial score (nSPS) is 20.9. The van der Waals surface area contributed by atoms with E-state index in [1.807, 2.05) is 48.5 Å². The van der Waals surface area contributed by atoms with Crippen LogP contribution in [0.2, 0.25) is 15.1 Å². The summed E-state index contributed by atoms with van der Waals surface area (Å²) in [6.07, 6.45) is 0.563. The Balaban J connectivity index is 1.61. The predicted molar refractivity (Wildman–Crippen MR) is 135 cm³/mol. The van der Waals surface area contributed by atoms with E-state index < -0.39 is 5.60 Å². The van der Waals surface area contributed by atoms with Gasteiger partial charge in [-0.25, -0.2) is 0 Å². The molecule has 3 nitrogen and oxygen atoms in total. The van der Waals surface area contributed by atoms with Crippen LogP contribution in [0.1, 0.15) is 23.1 Å². The Bertz CT molecular complexity index is 1060. The van der Waals surface area contributed by atoms with Crippen molar-refractivity contribution < 1.29 is 9.47 Å². The van der Waals surface area contributed by atoms with E-state index in [0.717, 1.165) is 34.1 Å². The van der Waals surface area contributed by atoms with E-state index in [1.165, 1.54) is 0 Å². The molecule has 0 radical (unpaired) electrons. The van der Waals surface area contributed by atoms with Crippen molar-refractivity contribution in [2.45, 2.75) is 31.3 Å². The second-order valence-electron chi connectivity index (χ2n) is 7.82. The van der Waals surface area contributed by atoms with Crippen molar-refractivity contribution in [2.24, 2.45) is 0 Å². The third kappa shape index (κ3) is 5.68. The Labute approximate surface area is 212 Å². The number of halogens is 4. The predicted octanol–water partition coefficient (Wildman–Crippen LogP) is 7.40. The van der Waals surface area contributed by atoms with Gasteiger partial charge in [-0.2, -0.15) is 0 Å². The van der Waals surface area contributed by atoms with E-state index in [4.69, 9.17) is 44.3 Å². The van der Waals surface area contributed by atoms with Crippen LogP contribution in [-0.2, 0) is 28.3 Å². The fourth-order valence-corrected chi connectivity index (χ4v) is 4.90. The van der Waals surface area contributed by atoms with Crippen LogP contribution in [0.4, 0.5) is 0 Å². The molecular weight excluding hydrogens is 533 g/mol. The zero-order chi connectivity index (χ0) is 22.6. The molecule has 0 bridgehead atoms. The molecule has 3 aromatic carbocycles.